The monoisotopic (exact) mass is 515 g/mol. The second kappa shape index (κ2) is 10.9. The maximum Gasteiger partial charge on any atom is 0.245 e. The Balaban J connectivity index is 1.31. The van der Waals surface area contributed by atoms with Crippen molar-refractivity contribution in [3.05, 3.63) is 92.9 Å². The van der Waals surface area contributed by atoms with Crippen LogP contribution in [-0.4, -0.2) is 24.6 Å². The van der Waals surface area contributed by atoms with Gasteiger partial charge in [-0.1, -0.05) is 53.0 Å². The van der Waals surface area contributed by atoms with Crippen molar-refractivity contribution in [2.75, 3.05) is 11.4 Å². The zero-order valence-electron chi connectivity index (χ0n) is 17.9. The molecule has 1 heterocycles. The molecular formula is C25H20Cl3N3O3. The molecule has 0 spiro atoms. The van der Waals surface area contributed by atoms with Gasteiger partial charge in [-0.25, -0.2) is 5.43 Å². The summed E-state index contributed by atoms with van der Waals surface area (Å²) in [5.74, 6) is -0.289. The molecule has 1 fully saturated rings. The fourth-order valence-electron chi connectivity index (χ4n) is 3.50. The molecular weight excluding hydrogens is 497 g/mol. The summed E-state index contributed by atoms with van der Waals surface area (Å²) in [6.07, 6.45) is 1.65. The van der Waals surface area contributed by atoms with E-state index in [4.69, 9.17) is 39.5 Å². The molecule has 0 bridgehead atoms. The third-order valence-corrected chi connectivity index (χ3v) is 6.13. The van der Waals surface area contributed by atoms with Crippen molar-refractivity contribution in [3.8, 4) is 5.75 Å². The molecule has 1 N–H and O–H groups in total. The molecule has 1 saturated heterocycles. The summed E-state index contributed by atoms with van der Waals surface area (Å²) < 4.78 is 5.81. The van der Waals surface area contributed by atoms with Gasteiger partial charge in [0.15, 0.2) is 0 Å². The second-order valence-electron chi connectivity index (χ2n) is 7.71. The smallest absolute Gasteiger partial charge is 0.245 e. The average molecular weight is 517 g/mol. The van der Waals surface area contributed by atoms with E-state index in [1.54, 1.807) is 47.4 Å². The van der Waals surface area contributed by atoms with Gasteiger partial charge < -0.3 is 9.64 Å². The van der Waals surface area contributed by atoms with Crippen LogP contribution in [0.25, 0.3) is 0 Å². The molecule has 3 aromatic carbocycles. The molecule has 0 aliphatic carbocycles. The molecule has 6 nitrogen and oxygen atoms in total. The number of anilines is 1. The average Bonchev–Trinajstić information content (AvgIpc) is 3.21. The van der Waals surface area contributed by atoms with E-state index in [0.717, 1.165) is 11.1 Å². The molecule has 34 heavy (non-hydrogen) atoms. The molecule has 2 amide bonds. The lowest BCUT2D eigenvalue weighted by atomic mass is 10.1. The van der Waals surface area contributed by atoms with Crippen molar-refractivity contribution in [1.29, 1.82) is 0 Å². The van der Waals surface area contributed by atoms with Crippen molar-refractivity contribution < 1.29 is 14.3 Å². The first-order chi connectivity index (χ1) is 16.4. The molecule has 3 aromatic rings. The highest BCUT2D eigenvalue weighted by atomic mass is 35.5. The first-order valence-electron chi connectivity index (χ1n) is 10.4. The standard InChI is InChI=1S/C25H20Cl3N3O3/c26-19-6-8-21(9-7-19)31-14-18(11-24(31)32)25(33)30-29-13-16-2-1-3-22(10-16)34-15-17-4-5-20(27)12-23(17)28/h1-10,12-13,18H,11,14-15H2,(H,30,33)/b29-13-/t18-/m0/s1. The third kappa shape index (κ3) is 6.08. The maximum atomic E-state index is 12.5. The molecule has 4 rings (SSSR count). The SMILES string of the molecule is O=C(N/N=C\c1cccc(OCc2ccc(Cl)cc2Cl)c1)[C@H]1CC(=O)N(c2ccc(Cl)cc2)C1. The molecule has 1 aliphatic rings. The van der Waals surface area contributed by atoms with Crippen molar-refractivity contribution in [2.45, 2.75) is 13.0 Å². The zero-order chi connectivity index (χ0) is 24.1. The Kier molecular flexibility index (Phi) is 7.73. The number of nitrogens with zero attached hydrogens (tertiary/aromatic N) is 2. The highest BCUT2D eigenvalue weighted by Gasteiger charge is 2.35. The number of carbonyl (C=O) groups excluding carboxylic acids is 2. The Hall–Kier alpha value is -3.06. The summed E-state index contributed by atoms with van der Waals surface area (Å²) in [7, 11) is 0. The molecule has 0 aromatic heterocycles. The number of halogens is 3. The second-order valence-corrected chi connectivity index (χ2v) is 8.99. The molecule has 1 aliphatic heterocycles. The number of benzene rings is 3. The summed E-state index contributed by atoms with van der Waals surface area (Å²) >= 11 is 18.0. The number of amides is 2. The molecule has 9 heteroatoms. The largest absolute Gasteiger partial charge is 0.489 e. The lowest BCUT2D eigenvalue weighted by Crippen LogP contribution is -2.30. The normalized spacial score (nSPS) is 15.7. The molecule has 174 valence electrons. The van der Waals surface area contributed by atoms with E-state index in [-0.39, 0.29) is 24.8 Å². The van der Waals surface area contributed by atoms with E-state index in [2.05, 4.69) is 10.5 Å². The summed E-state index contributed by atoms with van der Waals surface area (Å²) in [5, 5.41) is 5.72. The molecule has 1 atom stereocenters. The van der Waals surface area contributed by atoms with E-state index in [1.807, 2.05) is 24.3 Å². The van der Waals surface area contributed by atoms with Crippen LogP contribution in [-0.2, 0) is 16.2 Å². The van der Waals surface area contributed by atoms with Crippen LogP contribution in [0.15, 0.2) is 71.8 Å². The Morgan fingerprint density at radius 1 is 1.06 bits per heavy atom. The van der Waals surface area contributed by atoms with E-state index in [9.17, 15) is 9.59 Å². The number of hydrogen-bond donors (Lipinski definition) is 1. The van der Waals surface area contributed by atoms with Gasteiger partial charge in [-0.3, -0.25) is 9.59 Å². The minimum Gasteiger partial charge on any atom is -0.489 e. The Bertz CT molecular complexity index is 1230. The quantitative estimate of drug-likeness (QED) is 0.322. The Morgan fingerprint density at radius 2 is 1.82 bits per heavy atom. The van der Waals surface area contributed by atoms with Crippen LogP contribution >= 0.6 is 34.8 Å². The minimum atomic E-state index is -0.487. The van der Waals surface area contributed by atoms with Crippen LogP contribution in [0.2, 0.25) is 15.1 Å². The van der Waals surface area contributed by atoms with E-state index in [1.165, 1.54) is 6.21 Å². The van der Waals surface area contributed by atoms with Crippen molar-refractivity contribution in [2.24, 2.45) is 11.0 Å². The number of hydrogen-bond acceptors (Lipinski definition) is 4. The fourth-order valence-corrected chi connectivity index (χ4v) is 4.09. The van der Waals surface area contributed by atoms with Gasteiger partial charge in [0.25, 0.3) is 0 Å². The molecule has 0 saturated carbocycles. The predicted molar refractivity (Wildman–Crippen MR) is 135 cm³/mol. The van der Waals surface area contributed by atoms with Crippen LogP contribution in [0.5, 0.6) is 5.75 Å². The first-order valence-corrected chi connectivity index (χ1v) is 11.6. The van der Waals surface area contributed by atoms with Gasteiger partial charge in [0.2, 0.25) is 11.8 Å². The summed E-state index contributed by atoms with van der Waals surface area (Å²) in [6.45, 7) is 0.575. The lowest BCUT2D eigenvalue weighted by Gasteiger charge is -2.16. The predicted octanol–water partition coefficient (Wildman–Crippen LogP) is 5.73. The maximum absolute atomic E-state index is 12.5. The molecule has 0 radical (unpaired) electrons. The van der Waals surface area contributed by atoms with Gasteiger partial charge in [-0.15, -0.1) is 0 Å². The Morgan fingerprint density at radius 3 is 2.59 bits per heavy atom. The van der Waals surface area contributed by atoms with E-state index in [0.29, 0.717) is 33.0 Å². The van der Waals surface area contributed by atoms with E-state index >= 15 is 0 Å². The number of nitrogens with one attached hydrogen (secondary N) is 1. The highest BCUT2D eigenvalue weighted by molar-refractivity contribution is 6.35. The van der Waals surface area contributed by atoms with Gasteiger partial charge in [0.05, 0.1) is 12.1 Å². The summed E-state index contributed by atoms with van der Waals surface area (Å²) in [6, 6.07) is 19.4. The van der Waals surface area contributed by atoms with Gasteiger partial charge in [-0.2, -0.15) is 5.10 Å². The van der Waals surface area contributed by atoms with Crippen molar-refractivity contribution in [1.82, 2.24) is 5.43 Å². The molecule has 0 unspecified atom stereocenters. The topological polar surface area (TPSA) is 71.0 Å². The van der Waals surface area contributed by atoms with Crippen LogP contribution in [0.4, 0.5) is 5.69 Å². The van der Waals surface area contributed by atoms with Crippen molar-refractivity contribution >= 4 is 58.5 Å². The number of ether oxygens (including phenoxy) is 1. The minimum absolute atomic E-state index is 0.114. The van der Waals surface area contributed by atoms with E-state index < -0.39 is 5.92 Å². The Labute approximate surface area is 212 Å². The van der Waals surface area contributed by atoms with Gasteiger partial charge >= 0.3 is 0 Å². The number of hydrazone groups is 1. The van der Waals surface area contributed by atoms with Crippen LogP contribution in [0, 0.1) is 5.92 Å². The summed E-state index contributed by atoms with van der Waals surface area (Å²) in [5.41, 5.74) is 4.79. The summed E-state index contributed by atoms with van der Waals surface area (Å²) in [4.78, 5) is 26.5. The zero-order valence-corrected chi connectivity index (χ0v) is 20.1. The van der Waals surface area contributed by atoms with Gasteiger partial charge in [0, 0.05) is 39.3 Å². The van der Waals surface area contributed by atoms with Gasteiger partial charge in [0.1, 0.15) is 12.4 Å². The van der Waals surface area contributed by atoms with Crippen LogP contribution < -0.4 is 15.1 Å². The number of rotatable bonds is 7. The third-order valence-electron chi connectivity index (χ3n) is 5.29. The first kappa shape index (κ1) is 24.1. The van der Waals surface area contributed by atoms with Crippen molar-refractivity contribution in [3.63, 3.8) is 0 Å². The van der Waals surface area contributed by atoms with Gasteiger partial charge in [-0.05, 0) is 54.1 Å². The van der Waals surface area contributed by atoms with Crippen LogP contribution in [0.1, 0.15) is 17.5 Å². The van der Waals surface area contributed by atoms with Crippen LogP contribution in [0.3, 0.4) is 0 Å². The highest BCUT2D eigenvalue weighted by Crippen LogP contribution is 2.26. The lowest BCUT2D eigenvalue weighted by molar-refractivity contribution is -0.126. The fraction of sp³-hybridized carbons (Fsp3) is 0.160. The number of carbonyl (C=O) groups is 2.